The van der Waals surface area contributed by atoms with E-state index in [4.69, 9.17) is 9.40 Å². The van der Waals surface area contributed by atoms with Crippen LogP contribution in [-0.2, 0) is 6.18 Å². The first-order valence-electron chi connectivity index (χ1n) is 12.4. The number of hydrogen-bond donors (Lipinski definition) is 1. The molecule has 2 aromatic heterocycles. The van der Waals surface area contributed by atoms with Gasteiger partial charge in [-0.25, -0.2) is 14.8 Å². The van der Waals surface area contributed by atoms with Crippen molar-refractivity contribution in [1.29, 1.82) is 0 Å². The highest BCUT2D eigenvalue weighted by Crippen LogP contribution is 2.41. The molecule has 1 N–H and O–H groups in total. The fourth-order valence-corrected chi connectivity index (χ4v) is 5.27. The number of amides is 2. The van der Waals surface area contributed by atoms with Crippen molar-refractivity contribution in [3.8, 4) is 34.4 Å². The summed E-state index contributed by atoms with van der Waals surface area (Å²) in [6.07, 6.45) is -0.807. The maximum Gasteiger partial charge on any atom is 0.416 e. The molecular formula is C29H21F3IN5O2. The van der Waals surface area contributed by atoms with Gasteiger partial charge in [-0.15, -0.1) is 0 Å². The number of aromatic nitrogens is 2. The van der Waals surface area contributed by atoms with Crippen molar-refractivity contribution >= 4 is 45.8 Å². The molecule has 4 heterocycles. The maximum atomic E-state index is 13.8. The maximum absolute atomic E-state index is 13.8. The lowest BCUT2D eigenvalue weighted by Crippen LogP contribution is -2.48. The van der Waals surface area contributed by atoms with Crippen LogP contribution in [-0.4, -0.2) is 39.6 Å². The summed E-state index contributed by atoms with van der Waals surface area (Å²) in [6, 6.07) is 13.5. The normalized spacial score (nSPS) is 15.8. The van der Waals surface area contributed by atoms with Gasteiger partial charge in [0.25, 0.3) is 0 Å². The smallest absolute Gasteiger partial charge is 0.416 e. The highest BCUT2D eigenvalue weighted by atomic mass is 127. The van der Waals surface area contributed by atoms with E-state index in [2.05, 4.69) is 49.6 Å². The van der Waals surface area contributed by atoms with Crippen molar-refractivity contribution in [2.45, 2.75) is 18.6 Å². The van der Waals surface area contributed by atoms with Gasteiger partial charge in [-0.1, -0.05) is 46.6 Å². The number of rotatable bonds is 3. The number of hydrogen-bond acceptors (Lipinski definition) is 5. The first-order chi connectivity index (χ1) is 19.3. The number of carbonyl (C=O) groups is 1. The van der Waals surface area contributed by atoms with Crippen molar-refractivity contribution in [2.24, 2.45) is 0 Å². The molecule has 4 aromatic rings. The van der Waals surface area contributed by atoms with Gasteiger partial charge in [0.1, 0.15) is 0 Å². The number of carbonyl (C=O) groups excluding carboxylic acids is 1. The summed E-state index contributed by atoms with van der Waals surface area (Å²) in [5, 5.41) is 2.99. The molecule has 7 nitrogen and oxygen atoms in total. The minimum absolute atomic E-state index is 0.132. The fourth-order valence-electron chi connectivity index (χ4n) is 5.08. The number of pyridine rings is 1. The molecule has 2 aromatic carbocycles. The number of anilines is 3. The molecule has 0 spiro atoms. The molecule has 6 rings (SSSR count). The van der Waals surface area contributed by atoms with Crippen LogP contribution in [0.3, 0.4) is 0 Å². The van der Waals surface area contributed by atoms with E-state index in [0.29, 0.717) is 50.6 Å². The zero-order valence-corrected chi connectivity index (χ0v) is 23.0. The quantitative estimate of drug-likeness (QED) is 0.149. The number of nitrogens with zero attached hydrogens (tertiary/aromatic N) is 4. The Hall–Kier alpha value is -4.05. The average Bonchev–Trinajstić information content (AvgIpc) is 3.63. The zero-order valence-electron chi connectivity index (χ0n) is 20.9. The van der Waals surface area contributed by atoms with Crippen molar-refractivity contribution in [2.75, 3.05) is 32.6 Å². The SMILES string of the molecule is O=C(Nc1cc(C#CCI)cc(-c2cnco2)c1)N1c2nc(-c3cccc(C(F)(F)F)c3)ccc2N2CC[C@H]1C2. The topological polar surface area (TPSA) is 74.5 Å². The van der Waals surface area contributed by atoms with Crippen molar-refractivity contribution in [3.05, 3.63) is 78.3 Å². The van der Waals surface area contributed by atoms with Gasteiger partial charge in [0.15, 0.2) is 18.0 Å². The molecule has 2 bridgehead atoms. The highest BCUT2D eigenvalue weighted by molar-refractivity contribution is 14.1. The predicted octanol–water partition coefficient (Wildman–Crippen LogP) is 6.84. The lowest BCUT2D eigenvalue weighted by Gasteiger charge is -2.36. The summed E-state index contributed by atoms with van der Waals surface area (Å²) in [5.41, 5.74) is 2.63. The lowest BCUT2D eigenvalue weighted by atomic mass is 10.1. The van der Waals surface area contributed by atoms with Gasteiger partial charge < -0.3 is 14.6 Å². The molecule has 2 aliphatic rings. The molecule has 11 heteroatoms. The molecule has 0 radical (unpaired) electrons. The highest BCUT2D eigenvalue weighted by Gasteiger charge is 2.40. The molecular weight excluding hydrogens is 634 g/mol. The van der Waals surface area contributed by atoms with E-state index >= 15 is 0 Å². The van der Waals surface area contributed by atoms with Crippen LogP contribution in [0.25, 0.3) is 22.6 Å². The van der Waals surface area contributed by atoms with Crippen LogP contribution >= 0.6 is 22.6 Å². The Balaban J connectivity index is 1.36. The summed E-state index contributed by atoms with van der Waals surface area (Å²) >= 11 is 2.17. The number of urea groups is 1. The summed E-state index contributed by atoms with van der Waals surface area (Å²) in [4.78, 5) is 26.3. The molecule has 2 amide bonds. The minimum Gasteiger partial charge on any atom is -0.444 e. The molecule has 2 aliphatic heterocycles. The fraction of sp³-hybridized carbons (Fsp3) is 0.207. The van der Waals surface area contributed by atoms with Crippen LogP contribution in [0, 0.1) is 11.8 Å². The van der Waals surface area contributed by atoms with Crippen LogP contribution in [0.5, 0.6) is 0 Å². The van der Waals surface area contributed by atoms with Crippen LogP contribution in [0.4, 0.5) is 35.2 Å². The molecule has 1 saturated heterocycles. The van der Waals surface area contributed by atoms with E-state index in [0.717, 1.165) is 30.8 Å². The van der Waals surface area contributed by atoms with E-state index in [1.54, 1.807) is 35.4 Å². The Kier molecular flexibility index (Phi) is 6.87. The number of alkyl halides is 4. The second-order valence-corrected chi connectivity index (χ2v) is 10.2. The molecule has 1 fully saturated rings. The third kappa shape index (κ3) is 5.11. The Morgan fingerprint density at radius 2 is 2.02 bits per heavy atom. The Labute approximate surface area is 241 Å². The summed E-state index contributed by atoms with van der Waals surface area (Å²) in [5.74, 6) is 7.07. The van der Waals surface area contributed by atoms with Crippen molar-refractivity contribution in [1.82, 2.24) is 9.97 Å². The van der Waals surface area contributed by atoms with Crippen molar-refractivity contribution in [3.63, 3.8) is 0 Å². The number of benzene rings is 2. The molecule has 40 heavy (non-hydrogen) atoms. The molecule has 1 atom stereocenters. The van der Waals surface area contributed by atoms with Crippen LogP contribution in [0.15, 0.2) is 71.6 Å². The number of oxazole rings is 1. The Morgan fingerprint density at radius 3 is 2.80 bits per heavy atom. The van der Waals surface area contributed by atoms with Crippen LogP contribution in [0.1, 0.15) is 17.5 Å². The number of fused-ring (bicyclic) bond motifs is 4. The van der Waals surface area contributed by atoms with E-state index < -0.39 is 11.7 Å². The largest absolute Gasteiger partial charge is 0.444 e. The molecule has 0 unspecified atom stereocenters. The van der Waals surface area contributed by atoms with Crippen LogP contribution < -0.4 is 15.1 Å². The van der Waals surface area contributed by atoms with Crippen LogP contribution in [0.2, 0.25) is 0 Å². The van der Waals surface area contributed by atoms with Crippen molar-refractivity contribution < 1.29 is 22.4 Å². The summed E-state index contributed by atoms with van der Waals surface area (Å²) in [7, 11) is 0. The molecule has 202 valence electrons. The van der Waals surface area contributed by atoms with Gasteiger partial charge >= 0.3 is 12.2 Å². The standard InChI is InChI=1S/C29H21F3IN5O2/c30-29(31,32)21-5-1-4-19(13-21)24-6-7-25-27(36-24)38(23-8-10-37(25)16-23)28(39)35-22-12-18(3-2-9-33)11-20(14-22)26-15-34-17-40-26/h1,4-7,11-15,17,23H,8-10,16H2,(H,35,39)/t23-/m0/s1. The van der Waals surface area contributed by atoms with E-state index in [1.165, 1.54) is 12.5 Å². The van der Waals surface area contributed by atoms with Gasteiger partial charge in [-0.3, -0.25) is 4.90 Å². The Bertz CT molecular complexity index is 1650. The van der Waals surface area contributed by atoms with Gasteiger partial charge in [-0.2, -0.15) is 13.2 Å². The third-order valence-electron chi connectivity index (χ3n) is 6.86. The minimum atomic E-state index is -4.47. The lowest BCUT2D eigenvalue weighted by molar-refractivity contribution is -0.137. The Morgan fingerprint density at radius 1 is 1.15 bits per heavy atom. The monoisotopic (exact) mass is 655 g/mol. The summed E-state index contributed by atoms with van der Waals surface area (Å²) < 4.78 is 46.2. The van der Waals surface area contributed by atoms with E-state index in [-0.39, 0.29) is 12.1 Å². The number of nitrogens with one attached hydrogen (secondary N) is 1. The second kappa shape index (κ2) is 10.5. The first-order valence-corrected chi connectivity index (χ1v) is 14.0. The summed E-state index contributed by atoms with van der Waals surface area (Å²) in [6.45, 7) is 1.40. The first kappa shape index (κ1) is 26.2. The van der Waals surface area contributed by atoms with Gasteiger partial charge in [0, 0.05) is 35.5 Å². The zero-order chi connectivity index (χ0) is 27.9. The van der Waals surface area contributed by atoms with Gasteiger partial charge in [0.05, 0.1) is 33.6 Å². The number of halogens is 4. The third-order valence-corrected chi connectivity index (χ3v) is 7.24. The van der Waals surface area contributed by atoms with Gasteiger partial charge in [-0.05, 0) is 48.9 Å². The van der Waals surface area contributed by atoms with E-state index in [9.17, 15) is 18.0 Å². The van der Waals surface area contributed by atoms with Gasteiger partial charge in [0.2, 0.25) is 0 Å². The van der Waals surface area contributed by atoms with E-state index in [1.807, 2.05) is 12.1 Å². The molecule has 0 aliphatic carbocycles. The second-order valence-electron chi connectivity index (χ2n) is 9.41. The predicted molar refractivity (Wildman–Crippen MR) is 154 cm³/mol. The molecule has 0 saturated carbocycles. The average molecular weight is 655 g/mol.